The van der Waals surface area contributed by atoms with Gasteiger partial charge in [-0.2, -0.15) is 0 Å². The van der Waals surface area contributed by atoms with Gasteiger partial charge >= 0.3 is 0 Å². The van der Waals surface area contributed by atoms with Crippen molar-refractivity contribution in [3.05, 3.63) is 28.8 Å². The number of halogens is 1. The summed E-state index contributed by atoms with van der Waals surface area (Å²) in [7, 11) is 1.71. The SMILES string of the molecule is COc1ccc(Cl)cc1CN1CCC(CCN)CC1. The number of nitrogens with zero attached hydrogens (tertiary/aromatic N) is 1. The molecule has 1 aromatic carbocycles. The zero-order chi connectivity index (χ0) is 13.7. The van der Waals surface area contributed by atoms with Crippen molar-refractivity contribution >= 4 is 11.6 Å². The van der Waals surface area contributed by atoms with Gasteiger partial charge in [0.05, 0.1) is 7.11 Å². The minimum absolute atomic E-state index is 0.772. The van der Waals surface area contributed by atoms with Crippen LogP contribution in [0.2, 0.25) is 5.02 Å². The van der Waals surface area contributed by atoms with E-state index in [2.05, 4.69) is 4.90 Å². The summed E-state index contributed by atoms with van der Waals surface area (Å²) >= 11 is 6.07. The fourth-order valence-electron chi connectivity index (χ4n) is 2.78. The van der Waals surface area contributed by atoms with Crippen LogP contribution in [-0.2, 0) is 6.54 Å². The second kappa shape index (κ2) is 7.13. The van der Waals surface area contributed by atoms with Gasteiger partial charge in [0.1, 0.15) is 5.75 Å². The highest BCUT2D eigenvalue weighted by Crippen LogP contribution is 2.26. The Balaban J connectivity index is 1.93. The summed E-state index contributed by atoms with van der Waals surface area (Å²) in [5.74, 6) is 1.73. The van der Waals surface area contributed by atoms with Gasteiger partial charge in [-0.05, 0) is 63.0 Å². The molecule has 1 saturated heterocycles. The van der Waals surface area contributed by atoms with Crippen LogP contribution in [0, 0.1) is 5.92 Å². The Bertz CT molecular complexity index is 403. The molecule has 1 aliphatic heterocycles. The van der Waals surface area contributed by atoms with Crippen molar-refractivity contribution in [3.63, 3.8) is 0 Å². The summed E-state index contributed by atoms with van der Waals surface area (Å²) < 4.78 is 5.40. The summed E-state index contributed by atoms with van der Waals surface area (Å²) in [5, 5.41) is 0.772. The van der Waals surface area contributed by atoms with Crippen LogP contribution in [0.15, 0.2) is 18.2 Å². The highest BCUT2D eigenvalue weighted by molar-refractivity contribution is 6.30. The van der Waals surface area contributed by atoms with Gasteiger partial charge in [0.25, 0.3) is 0 Å². The van der Waals surface area contributed by atoms with Gasteiger partial charge in [0, 0.05) is 17.1 Å². The number of ether oxygens (including phenoxy) is 1. The zero-order valence-corrected chi connectivity index (χ0v) is 12.3. The van der Waals surface area contributed by atoms with Crippen LogP contribution in [0.4, 0.5) is 0 Å². The lowest BCUT2D eigenvalue weighted by Gasteiger charge is -2.32. The number of nitrogens with two attached hydrogens (primary N) is 1. The maximum atomic E-state index is 6.07. The summed E-state index contributed by atoms with van der Waals surface area (Å²) in [6.07, 6.45) is 3.66. The molecule has 106 valence electrons. The summed E-state index contributed by atoms with van der Waals surface area (Å²) in [6.45, 7) is 4.01. The van der Waals surface area contributed by atoms with Crippen LogP contribution in [0.3, 0.4) is 0 Å². The third kappa shape index (κ3) is 4.10. The Hall–Kier alpha value is -0.770. The van der Waals surface area contributed by atoms with Crippen molar-refractivity contribution in [1.29, 1.82) is 0 Å². The number of hydrogen-bond donors (Lipinski definition) is 1. The van der Waals surface area contributed by atoms with Crippen molar-refractivity contribution in [2.45, 2.75) is 25.8 Å². The van der Waals surface area contributed by atoms with E-state index in [1.807, 2.05) is 18.2 Å². The summed E-state index contributed by atoms with van der Waals surface area (Å²) in [6, 6.07) is 5.82. The molecule has 0 amide bonds. The maximum Gasteiger partial charge on any atom is 0.123 e. The minimum Gasteiger partial charge on any atom is -0.496 e. The first kappa shape index (κ1) is 14.6. The summed E-state index contributed by atoms with van der Waals surface area (Å²) in [5.41, 5.74) is 6.80. The number of rotatable bonds is 5. The molecule has 0 spiro atoms. The Morgan fingerprint density at radius 3 is 2.74 bits per heavy atom. The Labute approximate surface area is 120 Å². The molecule has 4 heteroatoms. The predicted molar refractivity (Wildman–Crippen MR) is 79.7 cm³/mol. The first-order valence-corrected chi connectivity index (χ1v) is 7.35. The van der Waals surface area contributed by atoms with E-state index < -0.39 is 0 Å². The number of benzene rings is 1. The van der Waals surface area contributed by atoms with Crippen molar-refractivity contribution in [3.8, 4) is 5.75 Å². The van der Waals surface area contributed by atoms with E-state index in [4.69, 9.17) is 22.1 Å². The maximum absolute atomic E-state index is 6.07. The molecule has 0 saturated carbocycles. The number of hydrogen-bond acceptors (Lipinski definition) is 3. The number of likely N-dealkylation sites (tertiary alicyclic amines) is 1. The monoisotopic (exact) mass is 282 g/mol. The van der Waals surface area contributed by atoms with Gasteiger partial charge in [-0.3, -0.25) is 4.90 Å². The average Bonchev–Trinajstić information content (AvgIpc) is 2.42. The van der Waals surface area contributed by atoms with Gasteiger partial charge in [-0.25, -0.2) is 0 Å². The molecule has 3 nitrogen and oxygen atoms in total. The molecule has 0 atom stereocenters. The van der Waals surface area contributed by atoms with Gasteiger partial charge in [0.15, 0.2) is 0 Å². The standard InChI is InChI=1S/C15H23ClN2O/c1-19-15-3-2-14(16)10-13(15)11-18-8-5-12(4-7-17)6-9-18/h2-3,10,12H,4-9,11,17H2,1H3. The highest BCUT2D eigenvalue weighted by Gasteiger charge is 2.19. The van der Waals surface area contributed by atoms with Crippen LogP contribution in [-0.4, -0.2) is 31.6 Å². The third-order valence-corrected chi connectivity index (χ3v) is 4.15. The molecule has 1 aromatic rings. The van der Waals surface area contributed by atoms with Crippen molar-refractivity contribution in [1.82, 2.24) is 4.90 Å². The predicted octanol–water partition coefficient (Wildman–Crippen LogP) is 2.91. The van der Waals surface area contributed by atoms with Gasteiger partial charge in [-0.1, -0.05) is 11.6 Å². The molecule has 0 radical (unpaired) electrons. The highest BCUT2D eigenvalue weighted by atomic mass is 35.5. The topological polar surface area (TPSA) is 38.5 Å². The smallest absolute Gasteiger partial charge is 0.123 e. The summed E-state index contributed by atoms with van der Waals surface area (Å²) in [4.78, 5) is 2.47. The van der Waals surface area contributed by atoms with Crippen LogP contribution in [0.5, 0.6) is 5.75 Å². The van der Waals surface area contributed by atoms with E-state index in [0.29, 0.717) is 0 Å². The van der Waals surface area contributed by atoms with Crippen LogP contribution in [0.25, 0.3) is 0 Å². The van der Waals surface area contributed by atoms with Crippen molar-refractivity contribution in [2.24, 2.45) is 11.7 Å². The van der Waals surface area contributed by atoms with Crippen molar-refractivity contribution < 1.29 is 4.74 Å². The minimum atomic E-state index is 0.772. The molecule has 1 heterocycles. The van der Waals surface area contributed by atoms with Crippen LogP contribution < -0.4 is 10.5 Å². The molecule has 0 aliphatic carbocycles. The molecular formula is C15H23ClN2O. The second-order valence-corrected chi connectivity index (χ2v) is 5.69. The van der Waals surface area contributed by atoms with Crippen LogP contribution in [0.1, 0.15) is 24.8 Å². The van der Waals surface area contributed by atoms with E-state index >= 15 is 0 Å². The van der Waals surface area contributed by atoms with Gasteiger partial charge in [-0.15, -0.1) is 0 Å². The largest absolute Gasteiger partial charge is 0.496 e. The molecule has 2 rings (SSSR count). The lowest BCUT2D eigenvalue weighted by atomic mass is 9.93. The average molecular weight is 283 g/mol. The number of methoxy groups -OCH3 is 1. The molecule has 19 heavy (non-hydrogen) atoms. The quantitative estimate of drug-likeness (QED) is 0.902. The lowest BCUT2D eigenvalue weighted by molar-refractivity contribution is 0.172. The molecule has 0 unspecified atom stereocenters. The Morgan fingerprint density at radius 1 is 1.37 bits per heavy atom. The first-order valence-electron chi connectivity index (χ1n) is 6.97. The van der Waals surface area contributed by atoms with E-state index in [1.54, 1.807) is 7.11 Å². The molecule has 0 bridgehead atoms. The molecule has 2 N–H and O–H groups in total. The van der Waals surface area contributed by atoms with E-state index in [9.17, 15) is 0 Å². The first-order chi connectivity index (χ1) is 9.22. The fourth-order valence-corrected chi connectivity index (χ4v) is 2.98. The van der Waals surface area contributed by atoms with Gasteiger partial charge in [0.2, 0.25) is 0 Å². The molecule has 0 aromatic heterocycles. The Kier molecular flexibility index (Phi) is 5.49. The normalized spacial score (nSPS) is 17.6. The lowest BCUT2D eigenvalue weighted by Crippen LogP contribution is -2.33. The van der Waals surface area contributed by atoms with E-state index in [-0.39, 0.29) is 0 Å². The number of piperidine rings is 1. The van der Waals surface area contributed by atoms with E-state index in [1.165, 1.54) is 18.4 Å². The third-order valence-electron chi connectivity index (χ3n) is 3.92. The zero-order valence-electron chi connectivity index (χ0n) is 11.6. The second-order valence-electron chi connectivity index (χ2n) is 5.25. The van der Waals surface area contributed by atoms with Gasteiger partial charge < -0.3 is 10.5 Å². The molecular weight excluding hydrogens is 260 g/mol. The Morgan fingerprint density at radius 2 is 2.11 bits per heavy atom. The molecule has 1 aliphatic rings. The molecule has 1 fully saturated rings. The fraction of sp³-hybridized carbons (Fsp3) is 0.600. The van der Waals surface area contributed by atoms with Crippen molar-refractivity contribution in [2.75, 3.05) is 26.7 Å². The van der Waals surface area contributed by atoms with E-state index in [0.717, 1.165) is 49.3 Å². The van der Waals surface area contributed by atoms with Crippen LogP contribution >= 0.6 is 11.6 Å².